The molecule has 0 heterocycles. The Morgan fingerprint density at radius 3 is 2.11 bits per heavy atom. The third-order valence-corrected chi connectivity index (χ3v) is 1.81. The Hall–Kier alpha value is -1.82. The first-order chi connectivity index (χ1) is 8.45. The Balaban J connectivity index is 0.00000137. The second-order valence-electron chi connectivity index (χ2n) is 2.90. The summed E-state index contributed by atoms with van der Waals surface area (Å²) >= 11 is 0. The molecular formula is C12H14F3NO2. The molecule has 1 aromatic carbocycles. The van der Waals surface area contributed by atoms with Crippen LogP contribution in [-0.4, -0.2) is 11.0 Å². The van der Waals surface area contributed by atoms with Gasteiger partial charge in [0.25, 0.3) is 0 Å². The highest BCUT2D eigenvalue weighted by Crippen LogP contribution is 2.29. The van der Waals surface area contributed by atoms with Gasteiger partial charge in [-0.15, -0.1) is 0 Å². The van der Waals surface area contributed by atoms with E-state index in [2.05, 4.69) is 0 Å². The molecule has 2 N–H and O–H groups in total. The maximum Gasteiger partial charge on any atom is 0.416 e. The van der Waals surface area contributed by atoms with E-state index in [9.17, 15) is 18.0 Å². The Labute approximate surface area is 103 Å². The number of nitrogens with one attached hydrogen (secondary N) is 1. The van der Waals surface area contributed by atoms with E-state index in [1.54, 1.807) is 5.48 Å². The molecule has 0 spiro atoms. The van der Waals surface area contributed by atoms with Gasteiger partial charge in [-0.1, -0.05) is 26.0 Å². The molecule has 3 nitrogen and oxygen atoms in total. The minimum absolute atomic E-state index is 0.111. The minimum Gasteiger partial charge on any atom is -0.292 e. The van der Waals surface area contributed by atoms with Crippen LogP contribution in [0.25, 0.3) is 0 Å². The summed E-state index contributed by atoms with van der Waals surface area (Å²) in [5.41, 5.74) is 0.922. The summed E-state index contributed by atoms with van der Waals surface area (Å²) in [6.07, 6.45) is -2.44. The molecule has 0 aromatic heterocycles. The van der Waals surface area contributed by atoms with Crippen LogP contribution in [0.3, 0.4) is 0 Å². The van der Waals surface area contributed by atoms with E-state index in [0.29, 0.717) is 0 Å². The number of allylic oxidation sites excluding steroid dienone is 1. The normalized spacial score (nSPS) is 10.8. The average Bonchev–Trinajstić information content (AvgIpc) is 2.37. The number of halogens is 3. The number of hydrogen-bond donors (Lipinski definition) is 2. The van der Waals surface area contributed by atoms with E-state index in [0.717, 1.165) is 36.5 Å². The average molecular weight is 261 g/mol. The van der Waals surface area contributed by atoms with Crippen molar-refractivity contribution < 1.29 is 23.2 Å². The second-order valence-corrected chi connectivity index (χ2v) is 2.90. The lowest BCUT2D eigenvalue weighted by molar-refractivity contribution is -0.137. The van der Waals surface area contributed by atoms with Crippen LogP contribution in [0.1, 0.15) is 29.8 Å². The second kappa shape index (κ2) is 7.50. The fraction of sp³-hybridized carbons (Fsp3) is 0.250. The topological polar surface area (TPSA) is 49.3 Å². The Bertz CT molecular complexity index is 397. The van der Waals surface area contributed by atoms with Gasteiger partial charge in [0.05, 0.1) is 5.56 Å². The van der Waals surface area contributed by atoms with Crippen molar-refractivity contribution in [1.29, 1.82) is 0 Å². The van der Waals surface area contributed by atoms with Crippen LogP contribution in [0.4, 0.5) is 13.2 Å². The quantitative estimate of drug-likeness (QED) is 0.498. The molecule has 0 saturated heterocycles. The summed E-state index contributed by atoms with van der Waals surface area (Å²) in [6.45, 7) is 4.00. The van der Waals surface area contributed by atoms with Crippen LogP contribution in [0, 0.1) is 0 Å². The number of hydroxylamine groups is 1. The lowest BCUT2D eigenvalue weighted by Gasteiger charge is -2.06. The van der Waals surface area contributed by atoms with Crippen LogP contribution in [0.15, 0.2) is 36.5 Å². The number of carbonyl (C=O) groups is 1. The molecule has 1 rings (SSSR count). The van der Waals surface area contributed by atoms with E-state index >= 15 is 0 Å². The standard InChI is InChI=1S/C10H8F3NO2.C2H6/c11-10(12,13)8-3-1-7(2-4-8)9(15)5-6-14-16;1-2/h1-6,14,16H;1-2H3. The van der Waals surface area contributed by atoms with Crippen molar-refractivity contribution >= 4 is 5.78 Å². The molecule has 0 unspecified atom stereocenters. The van der Waals surface area contributed by atoms with Crippen molar-refractivity contribution in [3.8, 4) is 0 Å². The molecule has 0 aliphatic carbocycles. The minimum atomic E-state index is -4.41. The highest BCUT2D eigenvalue weighted by Gasteiger charge is 2.30. The van der Waals surface area contributed by atoms with E-state index < -0.39 is 17.5 Å². The lowest BCUT2D eigenvalue weighted by Crippen LogP contribution is -2.05. The predicted molar refractivity (Wildman–Crippen MR) is 61.2 cm³/mol. The molecule has 100 valence electrons. The Morgan fingerprint density at radius 2 is 1.72 bits per heavy atom. The summed E-state index contributed by atoms with van der Waals surface area (Å²) in [5, 5.41) is 8.18. The van der Waals surface area contributed by atoms with Crippen LogP contribution < -0.4 is 5.48 Å². The van der Waals surface area contributed by atoms with Gasteiger partial charge < -0.3 is 0 Å². The summed E-state index contributed by atoms with van der Waals surface area (Å²) in [4.78, 5) is 11.2. The van der Waals surface area contributed by atoms with Crippen LogP contribution in [-0.2, 0) is 6.18 Å². The van der Waals surface area contributed by atoms with Gasteiger partial charge in [0.2, 0.25) is 0 Å². The molecule has 0 bridgehead atoms. The van der Waals surface area contributed by atoms with Gasteiger partial charge in [-0.3, -0.25) is 15.5 Å². The molecule has 0 aliphatic heterocycles. The Morgan fingerprint density at radius 1 is 1.22 bits per heavy atom. The number of benzene rings is 1. The molecule has 0 atom stereocenters. The highest BCUT2D eigenvalue weighted by molar-refractivity contribution is 6.04. The summed E-state index contributed by atoms with van der Waals surface area (Å²) in [7, 11) is 0. The summed E-state index contributed by atoms with van der Waals surface area (Å²) < 4.78 is 36.5. The number of ketones is 1. The number of alkyl halides is 3. The lowest BCUT2D eigenvalue weighted by atomic mass is 10.1. The molecule has 0 amide bonds. The van der Waals surface area contributed by atoms with E-state index in [1.807, 2.05) is 13.8 Å². The van der Waals surface area contributed by atoms with Crippen molar-refractivity contribution in [3.05, 3.63) is 47.7 Å². The highest BCUT2D eigenvalue weighted by atomic mass is 19.4. The molecular weight excluding hydrogens is 247 g/mol. The van der Waals surface area contributed by atoms with Crippen LogP contribution in [0.2, 0.25) is 0 Å². The largest absolute Gasteiger partial charge is 0.416 e. The van der Waals surface area contributed by atoms with Crippen LogP contribution in [0.5, 0.6) is 0 Å². The zero-order valence-corrected chi connectivity index (χ0v) is 9.95. The molecule has 6 heteroatoms. The number of rotatable bonds is 3. The van der Waals surface area contributed by atoms with Crippen LogP contribution >= 0.6 is 0 Å². The Kier molecular flexibility index (Phi) is 6.74. The fourth-order valence-corrected chi connectivity index (χ4v) is 1.03. The van der Waals surface area contributed by atoms with Gasteiger partial charge in [-0.2, -0.15) is 13.2 Å². The number of hydrogen-bond acceptors (Lipinski definition) is 3. The maximum absolute atomic E-state index is 12.2. The third kappa shape index (κ3) is 5.01. The zero-order valence-electron chi connectivity index (χ0n) is 9.95. The van der Waals surface area contributed by atoms with E-state index in [1.165, 1.54) is 0 Å². The maximum atomic E-state index is 12.2. The molecule has 0 fully saturated rings. The first-order valence-corrected chi connectivity index (χ1v) is 5.23. The molecule has 0 aliphatic rings. The zero-order chi connectivity index (χ0) is 14.2. The molecule has 0 saturated carbocycles. The molecule has 1 aromatic rings. The van der Waals surface area contributed by atoms with Crippen molar-refractivity contribution in [2.24, 2.45) is 0 Å². The molecule has 18 heavy (non-hydrogen) atoms. The number of carbonyl (C=O) groups excluding carboxylic acids is 1. The summed E-state index contributed by atoms with van der Waals surface area (Å²) in [6, 6.07) is 3.81. The third-order valence-electron chi connectivity index (χ3n) is 1.81. The van der Waals surface area contributed by atoms with Gasteiger partial charge in [0.1, 0.15) is 0 Å². The van der Waals surface area contributed by atoms with E-state index in [-0.39, 0.29) is 5.56 Å². The first-order valence-electron chi connectivity index (χ1n) is 5.23. The van der Waals surface area contributed by atoms with Gasteiger partial charge >= 0.3 is 6.18 Å². The van der Waals surface area contributed by atoms with Gasteiger partial charge in [0, 0.05) is 17.8 Å². The van der Waals surface area contributed by atoms with Gasteiger partial charge in [-0.05, 0) is 12.1 Å². The van der Waals surface area contributed by atoms with Gasteiger partial charge in [-0.25, -0.2) is 0 Å². The molecule has 0 radical (unpaired) electrons. The van der Waals surface area contributed by atoms with Crippen molar-refractivity contribution in [2.75, 3.05) is 0 Å². The van der Waals surface area contributed by atoms with Crippen molar-refractivity contribution in [2.45, 2.75) is 20.0 Å². The SMILES string of the molecule is CC.O=C(C=CNO)c1ccc(C(F)(F)F)cc1. The first kappa shape index (κ1) is 16.2. The van der Waals surface area contributed by atoms with Crippen molar-refractivity contribution in [1.82, 2.24) is 5.48 Å². The monoisotopic (exact) mass is 261 g/mol. The van der Waals surface area contributed by atoms with Crippen molar-refractivity contribution in [3.63, 3.8) is 0 Å². The van der Waals surface area contributed by atoms with E-state index in [4.69, 9.17) is 5.21 Å². The van der Waals surface area contributed by atoms with Gasteiger partial charge in [0.15, 0.2) is 5.78 Å². The smallest absolute Gasteiger partial charge is 0.292 e. The predicted octanol–water partition coefficient (Wildman–Crippen LogP) is 3.41. The summed E-state index contributed by atoms with van der Waals surface area (Å²) in [5.74, 6) is -0.504. The fourth-order valence-electron chi connectivity index (χ4n) is 1.03.